The van der Waals surface area contributed by atoms with E-state index in [-0.39, 0.29) is 0 Å². The number of carbonyl (C=O) groups excluding carboxylic acids is 1. The standard InChI is InChI=1S/C19H26O3/c1-13(7-18-9-15(3)11-21-18)5-17(20)6-14(2)8-19-10-16(4)12-22-19/h9-14H,5-8H2,1-4H3. The Labute approximate surface area is 132 Å². The normalized spacial score (nSPS) is 14.0. The third-order valence-electron chi connectivity index (χ3n) is 3.82. The number of furan rings is 2. The highest BCUT2D eigenvalue weighted by molar-refractivity contribution is 5.78. The molecule has 0 aliphatic rings. The van der Waals surface area contributed by atoms with Gasteiger partial charge in [0.05, 0.1) is 12.5 Å². The predicted molar refractivity (Wildman–Crippen MR) is 86.9 cm³/mol. The highest BCUT2D eigenvalue weighted by Crippen LogP contribution is 2.19. The first-order valence-corrected chi connectivity index (χ1v) is 8.02. The van der Waals surface area contributed by atoms with Gasteiger partial charge >= 0.3 is 0 Å². The maximum absolute atomic E-state index is 12.2. The Morgan fingerprint density at radius 3 is 1.64 bits per heavy atom. The molecule has 120 valence electrons. The highest BCUT2D eigenvalue weighted by Gasteiger charge is 2.16. The van der Waals surface area contributed by atoms with Crippen LogP contribution in [0, 0.1) is 25.7 Å². The van der Waals surface area contributed by atoms with Crippen molar-refractivity contribution in [3.05, 3.63) is 47.3 Å². The van der Waals surface area contributed by atoms with E-state index in [1.165, 1.54) is 0 Å². The van der Waals surface area contributed by atoms with Crippen molar-refractivity contribution < 1.29 is 13.6 Å². The van der Waals surface area contributed by atoms with Crippen LogP contribution in [0.3, 0.4) is 0 Å². The molecule has 0 radical (unpaired) electrons. The molecular weight excluding hydrogens is 276 g/mol. The predicted octanol–water partition coefficient (Wildman–Crippen LogP) is 4.90. The summed E-state index contributed by atoms with van der Waals surface area (Å²) in [6.07, 6.45) is 6.40. The second-order valence-corrected chi connectivity index (χ2v) is 6.75. The van der Waals surface area contributed by atoms with Crippen LogP contribution in [0.4, 0.5) is 0 Å². The maximum atomic E-state index is 12.2. The van der Waals surface area contributed by atoms with Crippen LogP contribution in [0.5, 0.6) is 0 Å². The molecule has 0 bridgehead atoms. The number of hydrogen-bond donors (Lipinski definition) is 0. The van der Waals surface area contributed by atoms with Crippen LogP contribution in [-0.2, 0) is 17.6 Å². The monoisotopic (exact) mass is 302 g/mol. The van der Waals surface area contributed by atoms with Crippen molar-refractivity contribution in [1.29, 1.82) is 0 Å². The van der Waals surface area contributed by atoms with E-state index in [4.69, 9.17) is 8.83 Å². The van der Waals surface area contributed by atoms with E-state index >= 15 is 0 Å². The quantitative estimate of drug-likeness (QED) is 0.697. The van der Waals surface area contributed by atoms with Crippen molar-refractivity contribution in [2.24, 2.45) is 11.8 Å². The smallest absolute Gasteiger partial charge is 0.133 e. The Balaban J connectivity index is 1.74. The molecule has 0 N–H and O–H groups in total. The summed E-state index contributed by atoms with van der Waals surface area (Å²) in [4.78, 5) is 12.2. The Morgan fingerprint density at radius 2 is 1.32 bits per heavy atom. The summed E-state index contributed by atoms with van der Waals surface area (Å²) < 4.78 is 10.9. The number of hydrogen-bond acceptors (Lipinski definition) is 3. The minimum absolute atomic E-state index is 0.316. The third-order valence-corrected chi connectivity index (χ3v) is 3.82. The summed E-state index contributed by atoms with van der Waals surface area (Å²) in [7, 11) is 0. The first-order valence-electron chi connectivity index (χ1n) is 8.02. The van der Waals surface area contributed by atoms with Crippen molar-refractivity contribution in [1.82, 2.24) is 0 Å². The lowest BCUT2D eigenvalue weighted by atomic mass is 9.93. The molecule has 0 aromatic carbocycles. The van der Waals surface area contributed by atoms with Crippen LogP contribution in [0.1, 0.15) is 49.3 Å². The van der Waals surface area contributed by atoms with E-state index in [1.54, 1.807) is 12.5 Å². The number of aryl methyl sites for hydroxylation is 2. The molecule has 2 unspecified atom stereocenters. The third kappa shape index (κ3) is 5.21. The first kappa shape index (κ1) is 16.6. The molecule has 22 heavy (non-hydrogen) atoms. The molecule has 2 atom stereocenters. The van der Waals surface area contributed by atoms with Gasteiger partial charge in [0.1, 0.15) is 17.3 Å². The van der Waals surface area contributed by atoms with E-state index in [1.807, 2.05) is 26.0 Å². The van der Waals surface area contributed by atoms with Gasteiger partial charge in [-0.25, -0.2) is 0 Å². The van der Waals surface area contributed by atoms with Crippen LogP contribution in [0.25, 0.3) is 0 Å². The molecule has 2 aromatic rings. The summed E-state index contributed by atoms with van der Waals surface area (Å²) in [6, 6.07) is 4.09. The molecule has 0 spiro atoms. The van der Waals surface area contributed by atoms with Gasteiger partial charge in [0.25, 0.3) is 0 Å². The van der Waals surface area contributed by atoms with Gasteiger partial charge in [-0.1, -0.05) is 13.8 Å². The van der Waals surface area contributed by atoms with Crippen molar-refractivity contribution in [2.75, 3.05) is 0 Å². The summed E-state index contributed by atoms with van der Waals surface area (Å²) in [5.41, 5.74) is 2.27. The van der Waals surface area contributed by atoms with Gasteiger partial charge in [-0.2, -0.15) is 0 Å². The Morgan fingerprint density at radius 1 is 0.909 bits per heavy atom. The molecule has 0 saturated carbocycles. The minimum atomic E-state index is 0.316. The molecule has 0 fully saturated rings. The van der Waals surface area contributed by atoms with Crippen LogP contribution in [0.15, 0.2) is 33.5 Å². The number of carbonyl (C=O) groups is 1. The van der Waals surface area contributed by atoms with Crippen LogP contribution in [-0.4, -0.2) is 5.78 Å². The second kappa shape index (κ2) is 7.48. The molecule has 0 aliphatic carbocycles. The van der Waals surface area contributed by atoms with Crippen molar-refractivity contribution >= 4 is 5.78 Å². The van der Waals surface area contributed by atoms with Gasteiger partial charge in [0, 0.05) is 25.7 Å². The zero-order valence-electron chi connectivity index (χ0n) is 14.0. The van der Waals surface area contributed by atoms with E-state index in [0.29, 0.717) is 30.5 Å². The molecule has 2 rings (SSSR count). The molecule has 3 nitrogen and oxygen atoms in total. The molecule has 0 amide bonds. The fraction of sp³-hybridized carbons (Fsp3) is 0.526. The van der Waals surface area contributed by atoms with E-state index < -0.39 is 0 Å². The van der Waals surface area contributed by atoms with Gasteiger partial charge in [-0.3, -0.25) is 4.79 Å². The SMILES string of the molecule is Cc1coc(CC(C)CC(=O)CC(C)Cc2cc(C)co2)c1. The van der Waals surface area contributed by atoms with Crippen LogP contribution < -0.4 is 0 Å². The topological polar surface area (TPSA) is 43.4 Å². The van der Waals surface area contributed by atoms with Gasteiger partial charge < -0.3 is 8.83 Å². The Bertz CT molecular complexity index is 553. The largest absolute Gasteiger partial charge is 0.469 e. The lowest BCUT2D eigenvalue weighted by Gasteiger charge is -2.12. The molecule has 2 aromatic heterocycles. The fourth-order valence-corrected chi connectivity index (χ4v) is 2.89. The lowest BCUT2D eigenvalue weighted by Crippen LogP contribution is -2.12. The Kier molecular flexibility index (Phi) is 5.64. The second-order valence-electron chi connectivity index (χ2n) is 6.75. The average molecular weight is 302 g/mol. The fourth-order valence-electron chi connectivity index (χ4n) is 2.89. The van der Waals surface area contributed by atoms with Gasteiger partial charge in [0.15, 0.2) is 0 Å². The van der Waals surface area contributed by atoms with Gasteiger partial charge in [-0.05, 0) is 48.9 Å². The van der Waals surface area contributed by atoms with Crippen molar-refractivity contribution in [2.45, 2.75) is 53.4 Å². The number of Topliss-reactive ketones (excluding diaryl/α,β-unsaturated/α-hetero) is 1. The zero-order valence-corrected chi connectivity index (χ0v) is 14.0. The summed E-state index contributed by atoms with van der Waals surface area (Å²) in [5, 5.41) is 0. The molecule has 2 heterocycles. The number of ketones is 1. The summed E-state index contributed by atoms with van der Waals surface area (Å²) in [6.45, 7) is 8.24. The van der Waals surface area contributed by atoms with Crippen LogP contribution in [0.2, 0.25) is 0 Å². The minimum Gasteiger partial charge on any atom is -0.469 e. The van der Waals surface area contributed by atoms with Crippen LogP contribution >= 0.6 is 0 Å². The van der Waals surface area contributed by atoms with E-state index in [9.17, 15) is 4.79 Å². The number of rotatable bonds is 8. The Hall–Kier alpha value is -1.77. The van der Waals surface area contributed by atoms with Gasteiger partial charge in [0.2, 0.25) is 0 Å². The molecule has 3 heteroatoms. The molecular formula is C19H26O3. The van der Waals surface area contributed by atoms with Crippen molar-refractivity contribution in [3.63, 3.8) is 0 Å². The maximum Gasteiger partial charge on any atom is 0.133 e. The van der Waals surface area contributed by atoms with Crippen molar-refractivity contribution in [3.8, 4) is 0 Å². The summed E-state index contributed by atoms with van der Waals surface area (Å²) in [5.74, 6) is 2.90. The average Bonchev–Trinajstić information content (AvgIpc) is 2.97. The highest BCUT2D eigenvalue weighted by atomic mass is 16.3. The van der Waals surface area contributed by atoms with Gasteiger partial charge in [-0.15, -0.1) is 0 Å². The van der Waals surface area contributed by atoms with E-state index in [0.717, 1.165) is 35.5 Å². The first-order chi connectivity index (χ1) is 10.4. The zero-order chi connectivity index (χ0) is 16.1. The molecule has 0 saturated heterocycles. The molecule has 0 aliphatic heterocycles. The van der Waals surface area contributed by atoms with E-state index in [2.05, 4.69) is 13.8 Å². The lowest BCUT2D eigenvalue weighted by molar-refractivity contribution is -0.120. The summed E-state index contributed by atoms with van der Waals surface area (Å²) >= 11 is 0.